The molecule has 0 aliphatic rings. The van der Waals surface area contributed by atoms with Crippen molar-refractivity contribution in [2.75, 3.05) is 0 Å². The molecule has 0 N–H and O–H groups in total. The molecule has 0 aliphatic carbocycles. The van der Waals surface area contributed by atoms with Gasteiger partial charge in [0.2, 0.25) is 0 Å². The molecule has 2 aromatic heterocycles. The molecule has 0 atom stereocenters. The smallest absolute Gasteiger partial charge is 0.0828 e. The fraction of sp³-hybridized carbons (Fsp3) is 0. The summed E-state index contributed by atoms with van der Waals surface area (Å²) in [6.07, 6.45) is 3.69. The number of nitrogens with zero attached hydrogens (tertiary/aromatic N) is 2. The molecule has 2 heterocycles. The maximum absolute atomic E-state index is 4.36. The Morgan fingerprint density at radius 1 is 1.25 bits per heavy atom. The van der Waals surface area contributed by atoms with E-state index in [1.807, 2.05) is 17.8 Å². The number of aromatic nitrogens is 2. The van der Waals surface area contributed by atoms with E-state index in [-0.39, 0.29) is 0 Å². The Balaban J connectivity index is 2.34. The van der Waals surface area contributed by atoms with Crippen molar-refractivity contribution in [3.8, 4) is 11.1 Å². The Hall–Kier alpha value is -1.01. The van der Waals surface area contributed by atoms with Gasteiger partial charge in [-0.3, -0.25) is 4.98 Å². The SMILES string of the molecule is Ic1cc(-c2cccnc2)c2scnc2c1. The summed E-state index contributed by atoms with van der Waals surface area (Å²) in [5.74, 6) is 0. The lowest BCUT2D eigenvalue weighted by Crippen LogP contribution is -1.82. The van der Waals surface area contributed by atoms with Gasteiger partial charge in [-0.2, -0.15) is 0 Å². The largest absolute Gasteiger partial charge is 0.264 e. The maximum Gasteiger partial charge on any atom is 0.0828 e. The normalized spacial score (nSPS) is 10.8. The van der Waals surface area contributed by atoms with Crippen molar-refractivity contribution < 1.29 is 0 Å². The van der Waals surface area contributed by atoms with Crippen LogP contribution in [0.4, 0.5) is 0 Å². The minimum absolute atomic E-state index is 1.07. The zero-order chi connectivity index (χ0) is 11.0. The summed E-state index contributed by atoms with van der Waals surface area (Å²) in [6, 6.07) is 8.32. The summed E-state index contributed by atoms with van der Waals surface area (Å²) in [7, 11) is 0. The van der Waals surface area contributed by atoms with Crippen molar-refractivity contribution >= 4 is 44.1 Å². The van der Waals surface area contributed by atoms with Gasteiger partial charge in [0.25, 0.3) is 0 Å². The molecular weight excluding hydrogens is 331 g/mol. The van der Waals surface area contributed by atoms with Crippen LogP contribution in [-0.2, 0) is 0 Å². The first-order valence-corrected chi connectivity index (χ1v) is 6.73. The van der Waals surface area contributed by atoms with Crippen molar-refractivity contribution in [3.05, 3.63) is 45.7 Å². The second-order valence-corrected chi connectivity index (χ2v) is 5.50. The van der Waals surface area contributed by atoms with Gasteiger partial charge < -0.3 is 0 Å². The second-order valence-electron chi connectivity index (χ2n) is 3.40. The van der Waals surface area contributed by atoms with Crippen molar-refractivity contribution in [1.82, 2.24) is 9.97 Å². The van der Waals surface area contributed by atoms with Gasteiger partial charge in [0.1, 0.15) is 0 Å². The Bertz CT molecular complexity index is 634. The molecule has 16 heavy (non-hydrogen) atoms. The van der Waals surface area contributed by atoms with Crippen LogP contribution in [0.15, 0.2) is 42.2 Å². The molecule has 0 spiro atoms. The van der Waals surface area contributed by atoms with E-state index >= 15 is 0 Å². The fourth-order valence-electron chi connectivity index (χ4n) is 1.67. The summed E-state index contributed by atoms with van der Waals surface area (Å²) < 4.78 is 2.43. The number of thiazole rings is 1. The average molecular weight is 338 g/mol. The Labute approximate surface area is 111 Å². The highest BCUT2D eigenvalue weighted by Crippen LogP contribution is 2.32. The summed E-state index contributed by atoms with van der Waals surface area (Å²) in [5, 5.41) is 0. The van der Waals surface area contributed by atoms with Crippen LogP contribution in [0, 0.1) is 3.57 Å². The predicted molar refractivity (Wildman–Crippen MR) is 75.6 cm³/mol. The molecule has 4 heteroatoms. The number of hydrogen-bond donors (Lipinski definition) is 0. The maximum atomic E-state index is 4.36. The van der Waals surface area contributed by atoms with E-state index < -0.39 is 0 Å². The molecule has 0 saturated heterocycles. The monoisotopic (exact) mass is 338 g/mol. The molecule has 78 valence electrons. The van der Waals surface area contributed by atoms with Crippen molar-refractivity contribution in [1.29, 1.82) is 0 Å². The minimum Gasteiger partial charge on any atom is -0.264 e. The zero-order valence-electron chi connectivity index (χ0n) is 8.22. The van der Waals surface area contributed by atoms with Crippen LogP contribution in [0.3, 0.4) is 0 Å². The molecule has 0 fully saturated rings. The van der Waals surface area contributed by atoms with Crippen LogP contribution in [0.25, 0.3) is 21.3 Å². The minimum atomic E-state index is 1.07. The molecule has 1 aromatic carbocycles. The van der Waals surface area contributed by atoms with E-state index in [1.54, 1.807) is 17.5 Å². The Kier molecular flexibility index (Phi) is 2.61. The zero-order valence-corrected chi connectivity index (χ0v) is 11.2. The third kappa shape index (κ3) is 1.72. The lowest BCUT2D eigenvalue weighted by Gasteiger charge is -2.03. The van der Waals surface area contributed by atoms with Crippen molar-refractivity contribution in [2.24, 2.45) is 0 Å². The van der Waals surface area contributed by atoms with Gasteiger partial charge in [-0.15, -0.1) is 11.3 Å². The number of rotatable bonds is 1. The molecule has 3 aromatic rings. The lowest BCUT2D eigenvalue weighted by atomic mass is 10.1. The van der Waals surface area contributed by atoms with Gasteiger partial charge >= 0.3 is 0 Å². The first-order valence-electron chi connectivity index (χ1n) is 4.78. The second kappa shape index (κ2) is 4.10. The number of fused-ring (bicyclic) bond motifs is 1. The highest BCUT2D eigenvalue weighted by atomic mass is 127. The summed E-state index contributed by atoms with van der Waals surface area (Å²) in [4.78, 5) is 8.52. The predicted octanol–water partition coefficient (Wildman–Crippen LogP) is 3.96. The van der Waals surface area contributed by atoms with Crippen LogP contribution >= 0.6 is 33.9 Å². The number of hydrogen-bond acceptors (Lipinski definition) is 3. The standard InChI is InChI=1S/C12H7IN2S/c13-9-4-10(8-2-1-3-14-6-8)12-11(5-9)15-7-16-12/h1-7H. The Morgan fingerprint density at radius 2 is 2.19 bits per heavy atom. The van der Waals surface area contributed by atoms with Gasteiger partial charge in [0.15, 0.2) is 0 Å². The van der Waals surface area contributed by atoms with E-state index in [4.69, 9.17) is 0 Å². The molecule has 0 amide bonds. The van der Waals surface area contributed by atoms with Crippen LogP contribution < -0.4 is 0 Å². The Morgan fingerprint density at radius 3 is 3.00 bits per heavy atom. The van der Waals surface area contributed by atoms with Gasteiger partial charge in [0, 0.05) is 27.1 Å². The van der Waals surface area contributed by atoms with Gasteiger partial charge in [-0.05, 0) is 40.8 Å². The van der Waals surface area contributed by atoms with Crippen molar-refractivity contribution in [2.45, 2.75) is 0 Å². The topological polar surface area (TPSA) is 25.8 Å². The van der Waals surface area contributed by atoms with Crippen molar-refractivity contribution in [3.63, 3.8) is 0 Å². The molecule has 0 aliphatic heterocycles. The third-order valence-electron chi connectivity index (χ3n) is 2.37. The fourth-order valence-corrected chi connectivity index (χ4v) is 3.09. The average Bonchev–Trinajstić information content (AvgIpc) is 2.77. The number of benzene rings is 1. The van der Waals surface area contributed by atoms with Crippen LogP contribution in [0.2, 0.25) is 0 Å². The van der Waals surface area contributed by atoms with Gasteiger partial charge in [-0.1, -0.05) is 6.07 Å². The third-order valence-corrected chi connectivity index (χ3v) is 3.87. The molecule has 0 unspecified atom stereocenters. The number of pyridine rings is 1. The first-order chi connectivity index (χ1) is 7.84. The summed E-state index contributed by atoms with van der Waals surface area (Å²) in [6.45, 7) is 0. The molecule has 0 radical (unpaired) electrons. The molecular formula is C12H7IN2S. The lowest BCUT2D eigenvalue weighted by molar-refractivity contribution is 1.33. The number of halogens is 1. The van der Waals surface area contributed by atoms with Crippen LogP contribution in [0.1, 0.15) is 0 Å². The van der Waals surface area contributed by atoms with E-state index in [0.717, 1.165) is 11.1 Å². The van der Waals surface area contributed by atoms with E-state index in [9.17, 15) is 0 Å². The molecule has 0 saturated carbocycles. The van der Waals surface area contributed by atoms with Gasteiger partial charge in [0.05, 0.1) is 15.7 Å². The highest BCUT2D eigenvalue weighted by molar-refractivity contribution is 14.1. The highest BCUT2D eigenvalue weighted by Gasteiger charge is 2.07. The molecule has 2 nitrogen and oxygen atoms in total. The van der Waals surface area contributed by atoms with Crippen LogP contribution in [0.5, 0.6) is 0 Å². The summed E-state index contributed by atoms with van der Waals surface area (Å²) in [5.41, 5.74) is 5.32. The first kappa shape index (κ1) is 10.2. The van der Waals surface area contributed by atoms with Gasteiger partial charge in [-0.25, -0.2) is 4.98 Å². The van der Waals surface area contributed by atoms with E-state index in [1.165, 1.54) is 13.8 Å². The molecule has 3 rings (SSSR count). The van der Waals surface area contributed by atoms with E-state index in [0.29, 0.717) is 0 Å². The molecule has 0 bridgehead atoms. The quantitative estimate of drug-likeness (QED) is 0.628. The van der Waals surface area contributed by atoms with Crippen LogP contribution in [-0.4, -0.2) is 9.97 Å². The van der Waals surface area contributed by atoms with E-state index in [2.05, 4.69) is 50.8 Å². The summed E-state index contributed by atoms with van der Waals surface area (Å²) >= 11 is 4.00.